The Morgan fingerprint density at radius 1 is 1.35 bits per heavy atom. The lowest BCUT2D eigenvalue weighted by molar-refractivity contribution is 0.0676. The second-order valence-electron chi connectivity index (χ2n) is 6.39. The Labute approximate surface area is 161 Å². The first-order valence-electron chi connectivity index (χ1n) is 8.65. The van der Waals surface area contributed by atoms with Crippen LogP contribution in [0.1, 0.15) is 42.1 Å². The molecule has 26 heavy (non-hydrogen) atoms. The van der Waals surface area contributed by atoms with Gasteiger partial charge in [0, 0.05) is 43.7 Å². The van der Waals surface area contributed by atoms with E-state index in [0.29, 0.717) is 30.1 Å². The molecule has 0 atom stereocenters. The van der Waals surface area contributed by atoms with Crippen molar-refractivity contribution < 1.29 is 17.6 Å². The Hall–Kier alpha value is -1.61. The van der Waals surface area contributed by atoms with E-state index < -0.39 is 9.84 Å². The molecule has 7 nitrogen and oxygen atoms in total. The topological polar surface area (TPSA) is 85.4 Å². The lowest BCUT2D eigenvalue weighted by atomic mass is 9.95. The van der Waals surface area contributed by atoms with E-state index in [4.69, 9.17) is 4.42 Å². The molecule has 0 N–H and O–H groups in total. The Bertz CT molecular complexity index is 866. The number of hydrogen-bond donors (Lipinski definition) is 0. The van der Waals surface area contributed by atoms with Crippen molar-refractivity contribution in [3.05, 3.63) is 40.8 Å². The van der Waals surface area contributed by atoms with Gasteiger partial charge in [-0.05, 0) is 40.9 Å². The van der Waals surface area contributed by atoms with Crippen LogP contribution < -0.4 is 0 Å². The van der Waals surface area contributed by atoms with Crippen LogP contribution in [0.15, 0.2) is 33.6 Å². The number of aryl methyl sites for hydroxylation is 1. The molecule has 1 aliphatic rings. The van der Waals surface area contributed by atoms with Gasteiger partial charge in [0.1, 0.15) is 5.82 Å². The Balaban J connectivity index is 1.60. The van der Waals surface area contributed by atoms with Crippen molar-refractivity contribution in [2.75, 3.05) is 24.6 Å². The molecule has 0 spiro atoms. The number of carbonyl (C=O) groups is 1. The minimum atomic E-state index is -3.01. The maximum atomic E-state index is 12.4. The fourth-order valence-corrected chi connectivity index (χ4v) is 4.25. The summed E-state index contributed by atoms with van der Waals surface area (Å²) < 4.78 is 31.3. The number of aromatic nitrogens is 2. The zero-order chi connectivity index (χ0) is 18.7. The number of amides is 1. The number of hydrogen-bond acceptors (Lipinski definition) is 5. The molecular formula is C17H22BrN3O4S. The van der Waals surface area contributed by atoms with Crippen molar-refractivity contribution in [3.63, 3.8) is 0 Å². The second kappa shape index (κ2) is 7.96. The zero-order valence-electron chi connectivity index (χ0n) is 14.6. The van der Waals surface area contributed by atoms with Gasteiger partial charge in [0.25, 0.3) is 5.91 Å². The summed E-state index contributed by atoms with van der Waals surface area (Å²) in [5.41, 5.74) is 0. The fraction of sp³-hybridized carbons (Fsp3) is 0.529. The standard InChI is InChI=1S/C17H22BrN3O4S/c1-2-26(23,24)12-11-20-10-7-19-16(20)13-5-8-21(9-6-13)17(22)14-3-4-15(18)25-14/h3-4,7,10,13H,2,5-6,8-9,11-12H2,1H3. The summed E-state index contributed by atoms with van der Waals surface area (Å²) in [6.07, 6.45) is 5.14. The molecule has 0 aromatic carbocycles. The molecule has 1 fully saturated rings. The van der Waals surface area contributed by atoms with E-state index in [9.17, 15) is 13.2 Å². The van der Waals surface area contributed by atoms with Crippen LogP contribution >= 0.6 is 15.9 Å². The van der Waals surface area contributed by atoms with E-state index in [1.54, 1.807) is 30.2 Å². The van der Waals surface area contributed by atoms with E-state index in [-0.39, 0.29) is 23.3 Å². The van der Waals surface area contributed by atoms with E-state index in [1.165, 1.54) is 0 Å². The van der Waals surface area contributed by atoms with Crippen LogP contribution in [0.3, 0.4) is 0 Å². The highest BCUT2D eigenvalue weighted by molar-refractivity contribution is 9.10. The number of sulfone groups is 1. The van der Waals surface area contributed by atoms with E-state index in [0.717, 1.165) is 18.7 Å². The molecule has 142 valence electrons. The summed E-state index contributed by atoms with van der Waals surface area (Å²) in [4.78, 5) is 18.7. The summed E-state index contributed by atoms with van der Waals surface area (Å²) in [6.45, 7) is 3.34. The molecule has 0 saturated carbocycles. The van der Waals surface area contributed by atoms with Crippen molar-refractivity contribution in [1.82, 2.24) is 14.5 Å². The monoisotopic (exact) mass is 443 g/mol. The first kappa shape index (κ1) is 19.2. The molecular weight excluding hydrogens is 422 g/mol. The van der Waals surface area contributed by atoms with Gasteiger partial charge in [0.15, 0.2) is 20.3 Å². The third-order valence-electron chi connectivity index (χ3n) is 4.76. The largest absolute Gasteiger partial charge is 0.444 e. The van der Waals surface area contributed by atoms with E-state index in [2.05, 4.69) is 20.9 Å². The van der Waals surface area contributed by atoms with Gasteiger partial charge in [0.05, 0.1) is 5.75 Å². The zero-order valence-corrected chi connectivity index (χ0v) is 17.0. The molecule has 9 heteroatoms. The van der Waals surface area contributed by atoms with E-state index in [1.807, 2.05) is 10.8 Å². The average molecular weight is 444 g/mol. The smallest absolute Gasteiger partial charge is 0.289 e. The van der Waals surface area contributed by atoms with Crippen molar-refractivity contribution in [2.45, 2.75) is 32.2 Å². The maximum absolute atomic E-state index is 12.4. The summed E-state index contributed by atoms with van der Waals surface area (Å²) in [6, 6.07) is 3.38. The van der Waals surface area contributed by atoms with Crippen LogP contribution in [0.4, 0.5) is 0 Å². The van der Waals surface area contributed by atoms with Gasteiger partial charge in [-0.25, -0.2) is 13.4 Å². The number of imidazole rings is 1. The normalized spacial score (nSPS) is 16.2. The molecule has 2 aromatic heterocycles. The number of furan rings is 1. The number of nitrogens with zero attached hydrogens (tertiary/aromatic N) is 3. The van der Waals surface area contributed by atoms with Crippen molar-refractivity contribution >= 4 is 31.7 Å². The molecule has 3 heterocycles. The average Bonchev–Trinajstić information content (AvgIpc) is 3.28. The summed E-state index contributed by atoms with van der Waals surface area (Å²) >= 11 is 3.21. The first-order valence-corrected chi connectivity index (χ1v) is 11.3. The van der Waals surface area contributed by atoms with Crippen LogP contribution in [-0.4, -0.2) is 53.4 Å². The highest BCUT2D eigenvalue weighted by Crippen LogP contribution is 2.28. The third kappa shape index (κ3) is 4.37. The minimum Gasteiger partial charge on any atom is -0.444 e. The summed E-state index contributed by atoms with van der Waals surface area (Å²) in [7, 11) is -3.01. The van der Waals surface area contributed by atoms with Gasteiger partial charge in [0.2, 0.25) is 0 Å². The highest BCUT2D eigenvalue weighted by atomic mass is 79.9. The molecule has 0 unspecified atom stereocenters. The number of piperidine rings is 1. The van der Waals surface area contributed by atoms with Gasteiger partial charge in [-0.15, -0.1) is 0 Å². The number of likely N-dealkylation sites (tertiary alicyclic amines) is 1. The maximum Gasteiger partial charge on any atom is 0.289 e. The number of carbonyl (C=O) groups excluding carboxylic acids is 1. The number of halogens is 1. The lowest BCUT2D eigenvalue weighted by Crippen LogP contribution is -2.38. The molecule has 0 radical (unpaired) electrons. The summed E-state index contributed by atoms with van der Waals surface area (Å²) in [5.74, 6) is 1.64. The molecule has 3 rings (SSSR count). The van der Waals surface area contributed by atoms with Crippen LogP contribution in [-0.2, 0) is 16.4 Å². The third-order valence-corrected chi connectivity index (χ3v) is 6.87. The van der Waals surface area contributed by atoms with E-state index >= 15 is 0 Å². The molecule has 0 bridgehead atoms. The van der Waals surface area contributed by atoms with Crippen LogP contribution in [0.5, 0.6) is 0 Å². The Morgan fingerprint density at radius 2 is 2.08 bits per heavy atom. The molecule has 2 aromatic rings. The van der Waals surface area contributed by atoms with Crippen LogP contribution in [0, 0.1) is 0 Å². The quantitative estimate of drug-likeness (QED) is 0.684. The Kier molecular flexibility index (Phi) is 5.86. The van der Waals surface area contributed by atoms with Crippen LogP contribution in [0.25, 0.3) is 0 Å². The first-order chi connectivity index (χ1) is 12.4. The van der Waals surface area contributed by atoms with Crippen molar-refractivity contribution in [3.8, 4) is 0 Å². The van der Waals surface area contributed by atoms with Gasteiger partial charge in [-0.3, -0.25) is 4.79 Å². The molecule has 1 aliphatic heterocycles. The van der Waals surface area contributed by atoms with Crippen molar-refractivity contribution in [2.24, 2.45) is 0 Å². The number of rotatable bonds is 6. The van der Waals surface area contributed by atoms with Gasteiger partial charge < -0.3 is 13.9 Å². The fourth-order valence-electron chi connectivity index (χ4n) is 3.18. The van der Waals surface area contributed by atoms with Crippen LogP contribution in [0.2, 0.25) is 0 Å². The molecule has 1 saturated heterocycles. The predicted molar refractivity (Wildman–Crippen MR) is 101 cm³/mol. The predicted octanol–water partition coefficient (Wildman–Crippen LogP) is 2.69. The van der Waals surface area contributed by atoms with Gasteiger partial charge in [-0.2, -0.15) is 0 Å². The Morgan fingerprint density at radius 3 is 2.69 bits per heavy atom. The van der Waals surface area contributed by atoms with Gasteiger partial charge >= 0.3 is 0 Å². The minimum absolute atomic E-state index is 0.105. The lowest BCUT2D eigenvalue weighted by Gasteiger charge is -2.31. The second-order valence-corrected chi connectivity index (χ2v) is 9.64. The SMILES string of the molecule is CCS(=O)(=O)CCn1ccnc1C1CCN(C(=O)c2ccc(Br)o2)CC1. The van der Waals surface area contributed by atoms with Crippen molar-refractivity contribution in [1.29, 1.82) is 0 Å². The highest BCUT2D eigenvalue weighted by Gasteiger charge is 2.28. The molecule has 1 amide bonds. The van der Waals surface area contributed by atoms with Gasteiger partial charge in [-0.1, -0.05) is 6.92 Å². The molecule has 0 aliphatic carbocycles. The summed E-state index contributed by atoms with van der Waals surface area (Å²) in [5, 5.41) is 0.